The first kappa shape index (κ1) is 12.6. The molecule has 1 unspecified atom stereocenters. The molecule has 2 rings (SSSR count). The highest BCUT2D eigenvalue weighted by atomic mass is 79.9. The average Bonchev–Trinajstić information content (AvgIpc) is 2.30. The summed E-state index contributed by atoms with van der Waals surface area (Å²) in [5, 5.41) is 0.700. The van der Waals surface area contributed by atoms with Crippen molar-refractivity contribution in [1.29, 1.82) is 0 Å². The van der Waals surface area contributed by atoms with Crippen molar-refractivity contribution in [3.8, 4) is 0 Å². The van der Waals surface area contributed by atoms with Crippen molar-refractivity contribution in [2.45, 2.75) is 12.5 Å². The summed E-state index contributed by atoms with van der Waals surface area (Å²) in [4.78, 5) is 4.27. The number of benzene rings is 1. The van der Waals surface area contributed by atoms with E-state index in [9.17, 15) is 0 Å². The van der Waals surface area contributed by atoms with E-state index >= 15 is 0 Å². The molecule has 88 valence electrons. The van der Waals surface area contributed by atoms with Gasteiger partial charge in [-0.3, -0.25) is 4.98 Å². The summed E-state index contributed by atoms with van der Waals surface area (Å²) in [6.07, 6.45) is 2.49. The van der Waals surface area contributed by atoms with Crippen LogP contribution < -0.4 is 5.73 Å². The molecule has 2 nitrogen and oxygen atoms in total. The highest BCUT2D eigenvalue weighted by molar-refractivity contribution is 9.10. The Bertz CT molecular complexity index is 502. The van der Waals surface area contributed by atoms with Gasteiger partial charge in [0, 0.05) is 33.8 Å². The minimum atomic E-state index is -0.0865. The summed E-state index contributed by atoms with van der Waals surface area (Å²) >= 11 is 9.37. The van der Waals surface area contributed by atoms with Crippen LogP contribution in [0.15, 0.2) is 47.1 Å². The fourth-order valence-electron chi connectivity index (χ4n) is 1.66. The van der Waals surface area contributed by atoms with Crippen molar-refractivity contribution in [1.82, 2.24) is 4.98 Å². The summed E-state index contributed by atoms with van der Waals surface area (Å²) < 4.78 is 0.938. The molecule has 0 saturated carbocycles. The fraction of sp³-hybridized carbons (Fsp3) is 0.154. The van der Waals surface area contributed by atoms with Gasteiger partial charge in [-0.05, 0) is 29.8 Å². The van der Waals surface area contributed by atoms with Gasteiger partial charge in [0.1, 0.15) is 0 Å². The van der Waals surface area contributed by atoms with Gasteiger partial charge in [0.2, 0.25) is 0 Å². The van der Waals surface area contributed by atoms with Crippen molar-refractivity contribution in [3.63, 3.8) is 0 Å². The lowest BCUT2D eigenvalue weighted by Gasteiger charge is -2.13. The maximum absolute atomic E-state index is 6.16. The van der Waals surface area contributed by atoms with Crippen LogP contribution in [0.25, 0.3) is 0 Å². The van der Waals surface area contributed by atoms with E-state index in [1.165, 1.54) is 0 Å². The second kappa shape index (κ2) is 5.63. The lowest BCUT2D eigenvalue weighted by Crippen LogP contribution is -2.14. The Morgan fingerprint density at radius 1 is 1.29 bits per heavy atom. The maximum Gasteiger partial charge on any atom is 0.0422 e. The molecule has 0 bridgehead atoms. The Morgan fingerprint density at radius 3 is 2.76 bits per heavy atom. The molecule has 0 aliphatic carbocycles. The molecular weight excluding hydrogens is 300 g/mol. The lowest BCUT2D eigenvalue weighted by molar-refractivity contribution is 0.703. The van der Waals surface area contributed by atoms with E-state index in [4.69, 9.17) is 17.3 Å². The number of nitrogens with zero attached hydrogens (tertiary/aromatic N) is 1. The number of rotatable bonds is 3. The molecule has 1 heterocycles. The van der Waals surface area contributed by atoms with Crippen LogP contribution in [0.1, 0.15) is 17.3 Å². The molecule has 0 amide bonds. The molecule has 17 heavy (non-hydrogen) atoms. The van der Waals surface area contributed by atoms with Gasteiger partial charge in [0.25, 0.3) is 0 Å². The van der Waals surface area contributed by atoms with Crippen LogP contribution in [0.3, 0.4) is 0 Å². The zero-order chi connectivity index (χ0) is 12.3. The summed E-state index contributed by atoms with van der Waals surface area (Å²) in [6, 6.07) is 11.4. The Balaban J connectivity index is 2.17. The van der Waals surface area contributed by atoms with E-state index in [0.29, 0.717) is 11.4 Å². The van der Waals surface area contributed by atoms with E-state index in [2.05, 4.69) is 20.9 Å². The van der Waals surface area contributed by atoms with E-state index in [1.807, 2.05) is 36.4 Å². The molecule has 2 aromatic rings. The number of aromatic nitrogens is 1. The molecule has 0 aliphatic heterocycles. The maximum atomic E-state index is 6.16. The summed E-state index contributed by atoms with van der Waals surface area (Å²) in [6.45, 7) is 0. The van der Waals surface area contributed by atoms with Crippen LogP contribution >= 0.6 is 27.5 Å². The predicted molar refractivity (Wildman–Crippen MR) is 74.0 cm³/mol. The number of halogens is 2. The second-order valence-corrected chi connectivity index (χ2v) is 5.09. The van der Waals surface area contributed by atoms with Crippen LogP contribution in [0.2, 0.25) is 5.02 Å². The molecule has 4 heteroatoms. The first-order valence-corrected chi connectivity index (χ1v) is 6.44. The van der Waals surface area contributed by atoms with E-state index in [0.717, 1.165) is 15.7 Å². The quantitative estimate of drug-likeness (QED) is 0.938. The van der Waals surface area contributed by atoms with E-state index in [1.54, 1.807) is 6.20 Å². The molecule has 0 aliphatic rings. The number of pyridine rings is 1. The van der Waals surface area contributed by atoms with Crippen LogP contribution in [0.5, 0.6) is 0 Å². The van der Waals surface area contributed by atoms with Crippen LogP contribution in [0.4, 0.5) is 0 Å². The Kier molecular flexibility index (Phi) is 4.15. The molecular formula is C13H12BrClN2. The van der Waals surface area contributed by atoms with Crippen molar-refractivity contribution >= 4 is 27.5 Å². The van der Waals surface area contributed by atoms with Gasteiger partial charge in [0.15, 0.2) is 0 Å². The molecule has 2 N–H and O–H groups in total. The third kappa shape index (κ3) is 3.28. The van der Waals surface area contributed by atoms with Crippen molar-refractivity contribution in [2.24, 2.45) is 5.73 Å². The average molecular weight is 312 g/mol. The topological polar surface area (TPSA) is 38.9 Å². The van der Waals surface area contributed by atoms with Crippen molar-refractivity contribution in [2.75, 3.05) is 0 Å². The molecule has 1 aromatic carbocycles. The standard InChI is InChI=1S/C13H12BrClN2/c14-12-7-9(15)4-5-11(12)13(16)8-10-3-1-2-6-17-10/h1-7,13H,8,16H2. The molecule has 0 saturated heterocycles. The van der Waals surface area contributed by atoms with Crippen LogP contribution in [0, 0.1) is 0 Å². The third-order valence-corrected chi connectivity index (χ3v) is 3.44. The third-order valence-electron chi connectivity index (χ3n) is 2.52. The second-order valence-electron chi connectivity index (χ2n) is 3.80. The minimum Gasteiger partial charge on any atom is -0.324 e. The van der Waals surface area contributed by atoms with Gasteiger partial charge in [-0.1, -0.05) is 39.7 Å². The highest BCUT2D eigenvalue weighted by Gasteiger charge is 2.11. The first-order valence-electron chi connectivity index (χ1n) is 5.27. The van der Waals surface area contributed by atoms with Gasteiger partial charge in [-0.25, -0.2) is 0 Å². The number of hydrogen-bond acceptors (Lipinski definition) is 2. The van der Waals surface area contributed by atoms with Crippen molar-refractivity contribution < 1.29 is 0 Å². The Morgan fingerprint density at radius 2 is 2.12 bits per heavy atom. The summed E-state index contributed by atoms with van der Waals surface area (Å²) in [7, 11) is 0. The van der Waals surface area contributed by atoms with Crippen LogP contribution in [-0.2, 0) is 6.42 Å². The van der Waals surface area contributed by atoms with Gasteiger partial charge in [-0.15, -0.1) is 0 Å². The van der Waals surface area contributed by atoms with E-state index in [-0.39, 0.29) is 6.04 Å². The Labute approximate surface area is 114 Å². The van der Waals surface area contributed by atoms with Gasteiger partial charge < -0.3 is 5.73 Å². The van der Waals surface area contributed by atoms with Gasteiger partial charge in [-0.2, -0.15) is 0 Å². The molecule has 1 atom stereocenters. The zero-order valence-electron chi connectivity index (χ0n) is 9.11. The molecule has 1 aromatic heterocycles. The SMILES string of the molecule is NC(Cc1ccccn1)c1ccc(Cl)cc1Br. The number of nitrogens with two attached hydrogens (primary N) is 1. The molecule has 0 fully saturated rings. The summed E-state index contributed by atoms with van der Waals surface area (Å²) in [5.41, 5.74) is 8.19. The Hall–Kier alpha value is -0.900. The minimum absolute atomic E-state index is 0.0865. The van der Waals surface area contributed by atoms with E-state index < -0.39 is 0 Å². The first-order chi connectivity index (χ1) is 8.16. The summed E-state index contributed by atoms with van der Waals surface area (Å²) in [5.74, 6) is 0. The van der Waals surface area contributed by atoms with Crippen LogP contribution in [-0.4, -0.2) is 4.98 Å². The molecule has 0 radical (unpaired) electrons. The monoisotopic (exact) mass is 310 g/mol. The lowest BCUT2D eigenvalue weighted by atomic mass is 10.0. The zero-order valence-corrected chi connectivity index (χ0v) is 11.4. The number of hydrogen-bond donors (Lipinski definition) is 1. The highest BCUT2D eigenvalue weighted by Crippen LogP contribution is 2.27. The fourth-order valence-corrected chi connectivity index (χ4v) is 2.63. The van der Waals surface area contributed by atoms with Gasteiger partial charge >= 0.3 is 0 Å². The smallest absolute Gasteiger partial charge is 0.0422 e. The van der Waals surface area contributed by atoms with Crippen molar-refractivity contribution in [3.05, 3.63) is 63.3 Å². The largest absolute Gasteiger partial charge is 0.324 e. The molecule has 0 spiro atoms. The predicted octanol–water partition coefficient (Wildman–Crippen LogP) is 3.74. The van der Waals surface area contributed by atoms with Gasteiger partial charge in [0.05, 0.1) is 0 Å². The normalized spacial score (nSPS) is 12.4.